The Morgan fingerprint density at radius 2 is 2.24 bits per heavy atom. The van der Waals surface area contributed by atoms with Gasteiger partial charge in [0, 0.05) is 12.8 Å². The SMILES string of the molecule is C=CC(/C=C/CCCOC(C)=O)C(O)CCC. The highest BCUT2D eigenvalue weighted by Gasteiger charge is 2.10. The van der Waals surface area contributed by atoms with E-state index in [0.717, 1.165) is 25.7 Å². The second-order valence-electron chi connectivity index (χ2n) is 4.08. The predicted octanol–water partition coefficient (Wildman–Crippen LogP) is 2.85. The zero-order valence-electron chi connectivity index (χ0n) is 10.9. The average molecular weight is 240 g/mol. The highest BCUT2D eigenvalue weighted by Crippen LogP contribution is 2.13. The summed E-state index contributed by atoms with van der Waals surface area (Å²) in [6.07, 6.45) is 8.81. The van der Waals surface area contributed by atoms with E-state index in [4.69, 9.17) is 4.74 Å². The van der Waals surface area contributed by atoms with Crippen molar-refractivity contribution in [3.05, 3.63) is 24.8 Å². The summed E-state index contributed by atoms with van der Waals surface area (Å²) in [6.45, 7) is 7.63. The Bertz CT molecular complexity index is 246. The molecular formula is C14H24O3. The van der Waals surface area contributed by atoms with E-state index >= 15 is 0 Å². The quantitative estimate of drug-likeness (QED) is 0.383. The molecule has 0 amide bonds. The highest BCUT2D eigenvalue weighted by atomic mass is 16.5. The molecule has 3 heteroatoms. The maximum absolute atomic E-state index is 10.5. The van der Waals surface area contributed by atoms with E-state index in [1.54, 1.807) is 6.08 Å². The fraction of sp³-hybridized carbons (Fsp3) is 0.643. The van der Waals surface area contributed by atoms with Gasteiger partial charge in [-0.3, -0.25) is 4.79 Å². The topological polar surface area (TPSA) is 46.5 Å². The number of ether oxygens (including phenoxy) is 1. The van der Waals surface area contributed by atoms with Gasteiger partial charge in [0.15, 0.2) is 0 Å². The van der Waals surface area contributed by atoms with E-state index in [2.05, 4.69) is 6.58 Å². The minimum Gasteiger partial charge on any atom is -0.466 e. The number of hydrogen-bond acceptors (Lipinski definition) is 3. The van der Waals surface area contributed by atoms with E-state index in [-0.39, 0.29) is 18.0 Å². The number of aliphatic hydroxyl groups excluding tert-OH is 1. The molecule has 2 unspecified atom stereocenters. The van der Waals surface area contributed by atoms with Crippen LogP contribution < -0.4 is 0 Å². The third-order valence-corrected chi connectivity index (χ3v) is 2.48. The number of allylic oxidation sites excluding steroid dienone is 1. The zero-order chi connectivity index (χ0) is 13.1. The second kappa shape index (κ2) is 10.1. The van der Waals surface area contributed by atoms with Crippen molar-refractivity contribution in [2.24, 2.45) is 5.92 Å². The van der Waals surface area contributed by atoms with Crippen LogP contribution in [0.15, 0.2) is 24.8 Å². The van der Waals surface area contributed by atoms with Crippen molar-refractivity contribution >= 4 is 5.97 Å². The van der Waals surface area contributed by atoms with Crippen molar-refractivity contribution in [1.82, 2.24) is 0 Å². The van der Waals surface area contributed by atoms with Crippen LogP contribution in [0, 0.1) is 5.92 Å². The molecule has 0 fully saturated rings. The third-order valence-electron chi connectivity index (χ3n) is 2.48. The van der Waals surface area contributed by atoms with E-state index in [1.165, 1.54) is 6.92 Å². The van der Waals surface area contributed by atoms with Gasteiger partial charge in [-0.05, 0) is 19.3 Å². The summed E-state index contributed by atoms with van der Waals surface area (Å²) in [4.78, 5) is 10.5. The van der Waals surface area contributed by atoms with E-state index in [1.807, 2.05) is 19.1 Å². The Morgan fingerprint density at radius 3 is 2.76 bits per heavy atom. The standard InChI is InChI=1S/C14H24O3/c1-4-9-14(16)13(5-2)10-7-6-8-11-17-12(3)15/h5,7,10,13-14,16H,2,4,6,8-9,11H2,1,3H3/b10-7+. The second-order valence-corrected chi connectivity index (χ2v) is 4.08. The Kier molecular flexibility index (Phi) is 9.44. The molecular weight excluding hydrogens is 216 g/mol. The molecule has 0 radical (unpaired) electrons. The zero-order valence-corrected chi connectivity index (χ0v) is 10.9. The van der Waals surface area contributed by atoms with Crippen LogP contribution in [0.4, 0.5) is 0 Å². The largest absolute Gasteiger partial charge is 0.466 e. The average Bonchev–Trinajstić information content (AvgIpc) is 2.28. The van der Waals surface area contributed by atoms with Gasteiger partial charge in [0.25, 0.3) is 0 Å². The normalized spacial score (nSPS) is 14.5. The number of hydrogen-bond donors (Lipinski definition) is 1. The summed E-state index contributed by atoms with van der Waals surface area (Å²) >= 11 is 0. The lowest BCUT2D eigenvalue weighted by Crippen LogP contribution is -2.15. The molecule has 0 rings (SSSR count). The van der Waals surface area contributed by atoms with Crippen LogP contribution in [0.25, 0.3) is 0 Å². The van der Waals surface area contributed by atoms with Gasteiger partial charge in [-0.15, -0.1) is 6.58 Å². The Balaban J connectivity index is 3.79. The number of rotatable bonds is 9. The van der Waals surface area contributed by atoms with Crippen LogP contribution in [0.1, 0.15) is 39.5 Å². The monoisotopic (exact) mass is 240 g/mol. The summed E-state index contributed by atoms with van der Waals surface area (Å²) in [5.41, 5.74) is 0. The lowest BCUT2D eigenvalue weighted by Gasteiger charge is -2.15. The minimum atomic E-state index is -0.345. The molecule has 0 aliphatic rings. The van der Waals surface area contributed by atoms with Crippen LogP contribution >= 0.6 is 0 Å². The number of esters is 1. The number of unbranched alkanes of at least 4 members (excludes halogenated alkanes) is 1. The van der Waals surface area contributed by atoms with Crippen LogP contribution in [0.3, 0.4) is 0 Å². The maximum Gasteiger partial charge on any atom is 0.302 e. The Hall–Kier alpha value is -1.09. The molecule has 0 aromatic carbocycles. The lowest BCUT2D eigenvalue weighted by molar-refractivity contribution is -0.141. The highest BCUT2D eigenvalue weighted by molar-refractivity contribution is 5.65. The number of carbonyl (C=O) groups excluding carboxylic acids is 1. The van der Waals surface area contributed by atoms with Crippen molar-refractivity contribution in [2.75, 3.05) is 6.61 Å². The molecule has 98 valence electrons. The smallest absolute Gasteiger partial charge is 0.302 e. The molecule has 17 heavy (non-hydrogen) atoms. The van der Waals surface area contributed by atoms with E-state index < -0.39 is 0 Å². The first-order valence-electron chi connectivity index (χ1n) is 6.22. The van der Waals surface area contributed by atoms with Gasteiger partial charge in [-0.25, -0.2) is 0 Å². The van der Waals surface area contributed by atoms with Crippen molar-refractivity contribution < 1.29 is 14.6 Å². The summed E-state index contributed by atoms with van der Waals surface area (Å²) < 4.78 is 4.82. The maximum atomic E-state index is 10.5. The van der Waals surface area contributed by atoms with Crippen molar-refractivity contribution in [2.45, 2.75) is 45.6 Å². The van der Waals surface area contributed by atoms with Crippen LogP contribution in [0.5, 0.6) is 0 Å². The third kappa shape index (κ3) is 8.69. The molecule has 1 N–H and O–H groups in total. The lowest BCUT2D eigenvalue weighted by atomic mass is 9.98. The fourth-order valence-corrected chi connectivity index (χ4v) is 1.52. The molecule has 0 bridgehead atoms. The number of carbonyl (C=O) groups is 1. The molecule has 0 aliphatic carbocycles. The van der Waals surface area contributed by atoms with Gasteiger partial charge >= 0.3 is 5.97 Å². The van der Waals surface area contributed by atoms with E-state index in [0.29, 0.717) is 6.61 Å². The van der Waals surface area contributed by atoms with Gasteiger partial charge in [0.05, 0.1) is 12.7 Å². The van der Waals surface area contributed by atoms with Gasteiger partial charge in [0.2, 0.25) is 0 Å². The summed E-state index contributed by atoms with van der Waals surface area (Å²) in [5.74, 6) is -0.222. The van der Waals surface area contributed by atoms with Crippen LogP contribution in [0.2, 0.25) is 0 Å². The van der Waals surface area contributed by atoms with E-state index in [9.17, 15) is 9.90 Å². The summed E-state index contributed by atoms with van der Waals surface area (Å²) in [7, 11) is 0. The first kappa shape index (κ1) is 15.9. The molecule has 2 atom stereocenters. The first-order valence-corrected chi connectivity index (χ1v) is 6.22. The fourth-order valence-electron chi connectivity index (χ4n) is 1.52. The minimum absolute atomic E-state index is 0.0173. The molecule has 3 nitrogen and oxygen atoms in total. The molecule has 0 saturated carbocycles. The Labute approximate surface area is 104 Å². The van der Waals surface area contributed by atoms with Crippen LogP contribution in [-0.4, -0.2) is 23.8 Å². The van der Waals surface area contributed by atoms with Gasteiger partial charge < -0.3 is 9.84 Å². The van der Waals surface area contributed by atoms with Gasteiger partial charge in [0.1, 0.15) is 0 Å². The molecule has 0 aliphatic heterocycles. The van der Waals surface area contributed by atoms with Crippen molar-refractivity contribution in [3.8, 4) is 0 Å². The molecule has 0 saturated heterocycles. The number of aliphatic hydroxyl groups is 1. The molecule has 0 aromatic rings. The van der Waals surface area contributed by atoms with Crippen molar-refractivity contribution in [1.29, 1.82) is 0 Å². The van der Waals surface area contributed by atoms with Gasteiger partial charge in [-0.1, -0.05) is 31.6 Å². The van der Waals surface area contributed by atoms with Crippen molar-refractivity contribution in [3.63, 3.8) is 0 Å². The molecule has 0 aromatic heterocycles. The summed E-state index contributed by atoms with van der Waals surface area (Å²) in [5, 5.41) is 9.79. The molecule has 0 heterocycles. The first-order chi connectivity index (χ1) is 8.11. The van der Waals surface area contributed by atoms with Crippen LogP contribution in [-0.2, 0) is 9.53 Å². The van der Waals surface area contributed by atoms with Gasteiger partial charge in [-0.2, -0.15) is 0 Å². The molecule has 0 spiro atoms. The Morgan fingerprint density at radius 1 is 1.53 bits per heavy atom. The summed E-state index contributed by atoms with van der Waals surface area (Å²) in [6, 6.07) is 0. The predicted molar refractivity (Wildman–Crippen MR) is 69.6 cm³/mol.